The number of hydrogen-bond donors (Lipinski definition) is 0. The molecule has 0 radical (unpaired) electrons. The second-order valence-corrected chi connectivity index (χ2v) is 5.16. The van der Waals surface area contributed by atoms with Gasteiger partial charge in [-0.05, 0) is 19.1 Å². The molecule has 0 spiro atoms. The molecule has 0 amide bonds. The van der Waals surface area contributed by atoms with Crippen LogP contribution in [0.2, 0.25) is 0 Å². The molecule has 20 heavy (non-hydrogen) atoms. The molecule has 0 aliphatic rings. The predicted molar refractivity (Wildman–Crippen MR) is 75.4 cm³/mol. The van der Waals surface area contributed by atoms with Crippen LogP contribution < -0.4 is 4.90 Å². The largest absolute Gasteiger partial charge is 0.328 e. The van der Waals surface area contributed by atoms with Crippen molar-refractivity contribution in [1.29, 1.82) is 0 Å². The summed E-state index contributed by atoms with van der Waals surface area (Å²) in [7, 11) is 1.53. The molecular formula is C13H11FN2O3S. The van der Waals surface area contributed by atoms with Gasteiger partial charge in [0.2, 0.25) is 0 Å². The minimum Gasteiger partial charge on any atom is -0.328 e. The summed E-state index contributed by atoms with van der Waals surface area (Å²) < 4.78 is 13.8. The molecule has 1 aromatic carbocycles. The first kappa shape index (κ1) is 14.1. The number of carbonyl (C=O) groups is 1. The van der Waals surface area contributed by atoms with E-state index in [2.05, 4.69) is 0 Å². The number of nitrogens with zero attached hydrogens (tertiary/aromatic N) is 2. The molecule has 7 heteroatoms. The van der Waals surface area contributed by atoms with E-state index < -0.39 is 10.7 Å². The molecule has 1 aromatic heterocycles. The van der Waals surface area contributed by atoms with E-state index in [9.17, 15) is 19.3 Å². The second-order valence-electron chi connectivity index (χ2n) is 4.12. The van der Waals surface area contributed by atoms with Gasteiger partial charge in [0.15, 0.2) is 10.8 Å². The Bertz CT molecular complexity index is 684. The first-order chi connectivity index (χ1) is 9.41. The van der Waals surface area contributed by atoms with Crippen LogP contribution in [0.3, 0.4) is 0 Å². The van der Waals surface area contributed by atoms with Gasteiger partial charge in [0, 0.05) is 13.1 Å². The lowest BCUT2D eigenvalue weighted by atomic mass is 10.3. The highest BCUT2D eigenvalue weighted by Gasteiger charge is 2.25. The van der Waals surface area contributed by atoms with Gasteiger partial charge >= 0.3 is 5.69 Å². The van der Waals surface area contributed by atoms with Crippen LogP contribution >= 0.6 is 11.3 Å². The summed E-state index contributed by atoms with van der Waals surface area (Å²) in [6.07, 6.45) is 0. The molecule has 0 bridgehead atoms. The lowest BCUT2D eigenvalue weighted by molar-refractivity contribution is -0.383. The van der Waals surface area contributed by atoms with Crippen LogP contribution in [0, 0.1) is 15.9 Å². The predicted octanol–water partition coefficient (Wildman–Crippen LogP) is 3.77. The summed E-state index contributed by atoms with van der Waals surface area (Å²) in [6, 6.07) is 7.19. The van der Waals surface area contributed by atoms with Crippen molar-refractivity contribution in [1.82, 2.24) is 0 Å². The lowest BCUT2D eigenvalue weighted by Crippen LogP contribution is -2.11. The molecule has 0 saturated heterocycles. The number of anilines is 2. The number of nitro groups is 1. The van der Waals surface area contributed by atoms with Gasteiger partial charge in [-0.3, -0.25) is 14.9 Å². The molecule has 0 N–H and O–H groups in total. The van der Waals surface area contributed by atoms with Gasteiger partial charge < -0.3 is 4.90 Å². The highest BCUT2D eigenvalue weighted by molar-refractivity contribution is 7.18. The maximum atomic E-state index is 13.8. The van der Waals surface area contributed by atoms with Crippen LogP contribution in [0.4, 0.5) is 20.8 Å². The molecule has 104 valence electrons. The van der Waals surface area contributed by atoms with Gasteiger partial charge in [0.1, 0.15) is 5.82 Å². The zero-order chi connectivity index (χ0) is 14.9. The molecule has 1 heterocycles. The number of halogens is 1. The third kappa shape index (κ3) is 2.53. The number of hydrogen-bond acceptors (Lipinski definition) is 5. The Labute approximate surface area is 118 Å². The van der Waals surface area contributed by atoms with Crippen molar-refractivity contribution in [3.8, 4) is 0 Å². The van der Waals surface area contributed by atoms with Crippen molar-refractivity contribution in [2.75, 3.05) is 11.9 Å². The highest BCUT2D eigenvalue weighted by Crippen LogP contribution is 2.40. The molecule has 5 nitrogen and oxygen atoms in total. The lowest BCUT2D eigenvalue weighted by Gasteiger charge is -2.17. The van der Waals surface area contributed by atoms with E-state index in [1.54, 1.807) is 6.07 Å². The van der Waals surface area contributed by atoms with Crippen LogP contribution in [0.1, 0.15) is 16.6 Å². The summed E-state index contributed by atoms with van der Waals surface area (Å²) in [5.41, 5.74) is 0.0125. The Balaban J connectivity index is 2.54. The van der Waals surface area contributed by atoms with Gasteiger partial charge in [-0.15, -0.1) is 11.3 Å². The summed E-state index contributed by atoms with van der Waals surface area (Å²) in [6.45, 7) is 1.34. The van der Waals surface area contributed by atoms with Crippen LogP contribution in [-0.2, 0) is 0 Å². The van der Waals surface area contributed by atoms with E-state index in [1.165, 1.54) is 43.1 Å². The number of benzene rings is 1. The summed E-state index contributed by atoms with van der Waals surface area (Å²) in [5.74, 6) is -0.742. The number of rotatable bonds is 4. The van der Waals surface area contributed by atoms with Crippen molar-refractivity contribution in [2.24, 2.45) is 0 Å². The SMILES string of the molecule is CC(=O)c1cc([N+](=O)[O-])c(N(C)c2ccccc2F)s1. The average Bonchev–Trinajstić information content (AvgIpc) is 2.84. The number of Topliss-reactive ketones (excluding diaryl/α,β-unsaturated/α-hetero) is 1. The van der Waals surface area contributed by atoms with Crippen molar-refractivity contribution in [3.63, 3.8) is 0 Å². The van der Waals surface area contributed by atoms with E-state index in [4.69, 9.17) is 0 Å². The van der Waals surface area contributed by atoms with E-state index in [0.29, 0.717) is 0 Å². The molecule has 2 aromatic rings. The topological polar surface area (TPSA) is 63.4 Å². The number of ketones is 1. The highest BCUT2D eigenvalue weighted by atomic mass is 32.1. The zero-order valence-corrected chi connectivity index (χ0v) is 11.6. The minimum absolute atomic E-state index is 0.203. The minimum atomic E-state index is -0.574. The normalized spacial score (nSPS) is 10.3. The first-order valence-corrected chi connectivity index (χ1v) is 6.51. The molecular weight excluding hydrogens is 283 g/mol. The summed E-state index contributed by atoms with van der Waals surface area (Å²) >= 11 is 0.976. The fourth-order valence-electron chi connectivity index (χ4n) is 1.75. The molecule has 0 aliphatic heterocycles. The van der Waals surface area contributed by atoms with E-state index in [-0.39, 0.29) is 27.0 Å². The molecule has 0 fully saturated rings. The Hall–Kier alpha value is -2.28. The monoisotopic (exact) mass is 294 g/mol. The van der Waals surface area contributed by atoms with Gasteiger partial charge in [-0.2, -0.15) is 0 Å². The Morgan fingerprint density at radius 1 is 1.40 bits per heavy atom. The Kier molecular flexibility index (Phi) is 3.80. The van der Waals surface area contributed by atoms with Gasteiger partial charge in [-0.1, -0.05) is 12.1 Å². The van der Waals surface area contributed by atoms with Crippen LogP contribution in [-0.4, -0.2) is 17.8 Å². The number of para-hydroxylation sites is 1. The van der Waals surface area contributed by atoms with Crippen LogP contribution in [0.15, 0.2) is 30.3 Å². The van der Waals surface area contributed by atoms with E-state index in [1.807, 2.05) is 0 Å². The fourth-order valence-corrected chi connectivity index (χ4v) is 2.75. The Morgan fingerprint density at radius 2 is 2.05 bits per heavy atom. The van der Waals surface area contributed by atoms with Gasteiger partial charge in [0.25, 0.3) is 0 Å². The fraction of sp³-hybridized carbons (Fsp3) is 0.154. The standard InChI is InChI=1S/C13H11FN2O3S/c1-8(17)12-7-11(16(18)19)13(20-12)15(2)10-6-4-3-5-9(10)14/h3-7H,1-2H3. The van der Waals surface area contributed by atoms with E-state index in [0.717, 1.165) is 11.3 Å². The number of carbonyl (C=O) groups excluding carboxylic acids is 1. The molecule has 0 aliphatic carbocycles. The Morgan fingerprint density at radius 3 is 2.60 bits per heavy atom. The maximum absolute atomic E-state index is 13.8. The summed E-state index contributed by atoms with van der Waals surface area (Å²) in [4.78, 5) is 23.5. The quantitative estimate of drug-likeness (QED) is 0.489. The molecule has 2 rings (SSSR count). The molecule has 0 saturated carbocycles. The smallest absolute Gasteiger partial charge is 0.304 e. The summed E-state index contributed by atoms with van der Waals surface area (Å²) in [5, 5.41) is 11.3. The third-order valence-corrected chi connectivity index (χ3v) is 4.06. The van der Waals surface area contributed by atoms with Gasteiger partial charge in [-0.25, -0.2) is 4.39 Å². The molecule has 0 atom stereocenters. The zero-order valence-electron chi connectivity index (χ0n) is 10.8. The first-order valence-electron chi connectivity index (χ1n) is 5.69. The second kappa shape index (κ2) is 5.38. The van der Waals surface area contributed by atoms with Crippen LogP contribution in [0.25, 0.3) is 0 Å². The van der Waals surface area contributed by atoms with Crippen molar-refractivity contribution in [3.05, 3.63) is 51.1 Å². The average molecular weight is 294 g/mol. The van der Waals surface area contributed by atoms with Crippen molar-refractivity contribution < 1.29 is 14.1 Å². The third-order valence-electron chi connectivity index (χ3n) is 2.76. The maximum Gasteiger partial charge on any atom is 0.304 e. The van der Waals surface area contributed by atoms with Gasteiger partial charge in [0.05, 0.1) is 15.5 Å². The van der Waals surface area contributed by atoms with Crippen molar-refractivity contribution >= 4 is 33.5 Å². The number of thiophene rings is 1. The van der Waals surface area contributed by atoms with Crippen LogP contribution in [0.5, 0.6) is 0 Å². The molecule has 0 unspecified atom stereocenters. The van der Waals surface area contributed by atoms with Crippen molar-refractivity contribution in [2.45, 2.75) is 6.92 Å². The van der Waals surface area contributed by atoms with E-state index >= 15 is 0 Å².